The van der Waals surface area contributed by atoms with Crippen LogP contribution in [0.25, 0.3) is 0 Å². The molecule has 0 aliphatic heterocycles. The number of hydrogen-bond acceptors (Lipinski definition) is 4. The Hall–Kier alpha value is -2.43. The van der Waals surface area contributed by atoms with E-state index in [1.165, 1.54) is 36.8 Å². The lowest BCUT2D eigenvalue weighted by Gasteiger charge is -2.26. The van der Waals surface area contributed by atoms with E-state index in [2.05, 4.69) is 39.8 Å². The number of fused-ring (bicyclic) bond motifs is 2. The van der Waals surface area contributed by atoms with Crippen LogP contribution < -0.4 is 10.2 Å². The number of rotatable bonds is 4. The van der Waals surface area contributed by atoms with Gasteiger partial charge in [0.25, 0.3) is 5.91 Å². The standard InChI is InChI=1S/C20H24N4O/c1-24(2)18-10-9-17(22-23-18)19(25)21-13-15-12-20(15)11-5-7-14-6-3-4-8-16(14)20/h3-4,6,8-10,15H,5,7,11-13H2,1-2H3,(H,21,25). The Balaban J connectivity index is 1.40. The molecule has 25 heavy (non-hydrogen) atoms. The lowest BCUT2D eigenvalue weighted by molar-refractivity contribution is 0.0945. The molecule has 1 heterocycles. The maximum absolute atomic E-state index is 12.3. The van der Waals surface area contributed by atoms with E-state index in [4.69, 9.17) is 0 Å². The van der Waals surface area contributed by atoms with Gasteiger partial charge >= 0.3 is 0 Å². The molecule has 1 saturated carbocycles. The molecule has 130 valence electrons. The summed E-state index contributed by atoms with van der Waals surface area (Å²) in [7, 11) is 3.80. The fourth-order valence-corrected chi connectivity index (χ4v) is 4.23. The number of aromatic nitrogens is 2. The number of amides is 1. The van der Waals surface area contributed by atoms with Crippen molar-refractivity contribution in [3.05, 3.63) is 53.2 Å². The Morgan fingerprint density at radius 2 is 2.08 bits per heavy atom. The normalized spacial score (nSPS) is 23.8. The summed E-state index contributed by atoms with van der Waals surface area (Å²) in [5.41, 5.74) is 3.68. The Morgan fingerprint density at radius 3 is 2.84 bits per heavy atom. The molecule has 1 N–H and O–H groups in total. The van der Waals surface area contributed by atoms with E-state index in [0.717, 1.165) is 5.82 Å². The number of benzene rings is 1. The quantitative estimate of drug-likeness (QED) is 0.932. The van der Waals surface area contributed by atoms with Gasteiger partial charge in [-0.1, -0.05) is 24.3 Å². The predicted molar refractivity (Wildman–Crippen MR) is 97.9 cm³/mol. The summed E-state index contributed by atoms with van der Waals surface area (Å²) < 4.78 is 0. The maximum atomic E-state index is 12.3. The average molecular weight is 336 g/mol. The summed E-state index contributed by atoms with van der Waals surface area (Å²) in [4.78, 5) is 14.2. The predicted octanol–water partition coefficient (Wildman–Crippen LogP) is 2.57. The maximum Gasteiger partial charge on any atom is 0.271 e. The van der Waals surface area contributed by atoms with Crippen molar-refractivity contribution >= 4 is 11.7 Å². The third kappa shape index (κ3) is 2.88. The van der Waals surface area contributed by atoms with E-state index in [1.54, 1.807) is 6.07 Å². The van der Waals surface area contributed by atoms with Gasteiger partial charge in [0.05, 0.1) is 0 Å². The third-order valence-electron chi connectivity index (χ3n) is 5.71. The molecule has 2 aliphatic rings. The first kappa shape index (κ1) is 16.1. The largest absolute Gasteiger partial charge is 0.361 e. The smallest absolute Gasteiger partial charge is 0.271 e. The van der Waals surface area contributed by atoms with Crippen molar-refractivity contribution < 1.29 is 4.79 Å². The average Bonchev–Trinajstić information content (AvgIpc) is 3.33. The van der Waals surface area contributed by atoms with Crippen LogP contribution in [0.1, 0.15) is 40.9 Å². The summed E-state index contributed by atoms with van der Waals surface area (Å²) in [6.07, 6.45) is 4.85. The minimum atomic E-state index is -0.135. The molecule has 2 atom stereocenters. The van der Waals surface area contributed by atoms with Crippen LogP contribution in [0.2, 0.25) is 0 Å². The van der Waals surface area contributed by atoms with Gasteiger partial charge in [-0.15, -0.1) is 10.2 Å². The second-order valence-corrected chi connectivity index (χ2v) is 7.45. The van der Waals surface area contributed by atoms with E-state index in [0.29, 0.717) is 23.6 Å². The first-order valence-electron chi connectivity index (χ1n) is 8.98. The molecule has 2 aliphatic carbocycles. The molecule has 0 bridgehead atoms. The van der Waals surface area contributed by atoms with E-state index in [-0.39, 0.29) is 5.91 Å². The van der Waals surface area contributed by atoms with Crippen molar-refractivity contribution in [2.45, 2.75) is 31.1 Å². The summed E-state index contributed by atoms with van der Waals surface area (Å²) in [6.45, 7) is 0.713. The minimum Gasteiger partial charge on any atom is -0.361 e. The van der Waals surface area contributed by atoms with Gasteiger partial charge in [0, 0.05) is 26.1 Å². The number of carbonyl (C=O) groups excluding carboxylic acids is 1. The number of hydrogen-bond donors (Lipinski definition) is 1. The lowest BCUT2D eigenvalue weighted by Crippen LogP contribution is -2.30. The second kappa shape index (κ2) is 6.14. The van der Waals surface area contributed by atoms with Gasteiger partial charge in [-0.25, -0.2) is 0 Å². The first-order valence-corrected chi connectivity index (χ1v) is 8.98. The minimum absolute atomic E-state index is 0.135. The van der Waals surface area contributed by atoms with Crippen molar-refractivity contribution in [2.75, 3.05) is 25.5 Å². The highest BCUT2D eigenvalue weighted by atomic mass is 16.1. The van der Waals surface area contributed by atoms with Gasteiger partial charge in [-0.3, -0.25) is 4.79 Å². The van der Waals surface area contributed by atoms with Crippen molar-refractivity contribution in [3.8, 4) is 0 Å². The fourth-order valence-electron chi connectivity index (χ4n) is 4.23. The Bertz CT molecular complexity index is 787. The zero-order valence-corrected chi connectivity index (χ0v) is 14.8. The molecule has 2 aromatic rings. The van der Waals surface area contributed by atoms with Crippen molar-refractivity contribution in [1.82, 2.24) is 15.5 Å². The van der Waals surface area contributed by atoms with Crippen LogP contribution in [0.5, 0.6) is 0 Å². The number of aryl methyl sites for hydroxylation is 1. The van der Waals surface area contributed by atoms with Crippen LogP contribution in [0.15, 0.2) is 36.4 Å². The molecule has 4 rings (SSSR count). The number of nitrogens with one attached hydrogen (secondary N) is 1. The fraction of sp³-hybridized carbons (Fsp3) is 0.450. The van der Waals surface area contributed by atoms with Crippen LogP contribution in [0.3, 0.4) is 0 Å². The highest BCUT2D eigenvalue weighted by Gasteiger charge is 2.56. The Kier molecular flexibility index (Phi) is 3.94. The molecular weight excluding hydrogens is 312 g/mol. The van der Waals surface area contributed by atoms with Gasteiger partial charge in [0.2, 0.25) is 0 Å². The molecular formula is C20H24N4O. The third-order valence-corrected chi connectivity index (χ3v) is 5.71. The second-order valence-electron chi connectivity index (χ2n) is 7.45. The molecule has 0 saturated heterocycles. The molecule has 5 heteroatoms. The Morgan fingerprint density at radius 1 is 1.24 bits per heavy atom. The zero-order chi connectivity index (χ0) is 17.4. The summed E-state index contributed by atoms with van der Waals surface area (Å²) in [6, 6.07) is 12.4. The van der Waals surface area contributed by atoms with Crippen molar-refractivity contribution in [2.24, 2.45) is 5.92 Å². The molecule has 0 radical (unpaired) electrons. The van der Waals surface area contributed by atoms with Gasteiger partial charge in [-0.05, 0) is 54.9 Å². The zero-order valence-electron chi connectivity index (χ0n) is 14.8. The topological polar surface area (TPSA) is 58.1 Å². The molecule has 5 nitrogen and oxygen atoms in total. The van der Waals surface area contributed by atoms with E-state index >= 15 is 0 Å². The van der Waals surface area contributed by atoms with Crippen LogP contribution in [0, 0.1) is 5.92 Å². The van der Waals surface area contributed by atoms with Gasteiger partial charge in [-0.2, -0.15) is 0 Å². The van der Waals surface area contributed by atoms with Crippen LogP contribution in [-0.2, 0) is 11.8 Å². The van der Waals surface area contributed by atoms with Crippen molar-refractivity contribution in [1.29, 1.82) is 0 Å². The summed E-state index contributed by atoms with van der Waals surface area (Å²) >= 11 is 0. The summed E-state index contributed by atoms with van der Waals surface area (Å²) in [5, 5.41) is 11.2. The molecule has 1 fully saturated rings. The van der Waals surface area contributed by atoms with Crippen LogP contribution >= 0.6 is 0 Å². The number of anilines is 1. The van der Waals surface area contributed by atoms with Gasteiger partial charge in [0.1, 0.15) is 0 Å². The van der Waals surface area contributed by atoms with E-state index in [1.807, 2.05) is 25.1 Å². The van der Waals surface area contributed by atoms with Gasteiger partial charge in [0.15, 0.2) is 11.5 Å². The van der Waals surface area contributed by atoms with E-state index < -0.39 is 0 Å². The first-order chi connectivity index (χ1) is 12.1. The van der Waals surface area contributed by atoms with Crippen LogP contribution in [0.4, 0.5) is 5.82 Å². The number of carbonyl (C=O) groups is 1. The molecule has 1 amide bonds. The Labute approximate surface area is 148 Å². The van der Waals surface area contributed by atoms with Crippen LogP contribution in [-0.4, -0.2) is 36.7 Å². The highest BCUT2D eigenvalue weighted by Crippen LogP contribution is 2.59. The monoisotopic (exact) mass is 336 g/mol. The lowest BCUT2D eigenvalue weighted by atomic mass is 9.78. The molecule has 1 aromatic heterocycles. The molecule has 2 unspecified atom stereocenters. The number of nitrogens with zero attached hydrogens (tertiary/aromatic N) is 3. The highest BCUT2D eigenvalue weighted by molar-refractivity contribution is 5.92. The summed E-state index contributed by atoms with van der Waals surface area (Å²) in [5.74, 6) is 1.15. The van der Waals surface area contributed by atoms with Gasteiger partial charge < -0.3 is 10.2 Å². The SMILES string of the molecule is CN(C)c1ccc(C(=O)NCC2CC23CCCc2ccccc23)nn1. The van der Waals surface area contributed by atoms with E-state index in [9.17, 15) is 4.79 Å². The molecule has 1 aromatic carbocycles. The molecule has 1 spiro atoms. The van der Waals surface area contributed by atoms with Crippen molar-refractivity contribution in [3.63, 3.8) is 0 Å².